The molecule has 2 N–H and O–H groups in total. The summed E-state index contributed by atoms with van der Waals surface area (Å²) in [4.78, 5) is 44.1. The Bertz CT molecular complexity index is 1460. The lowest BCUT2D eigenvalue weighted by Gasteiger charge is -2.30. The van der Waals surface area contributed by atoms with Crippen LogP contribution < -0.4 is 5.73 Å². The van der Waals surface area contributed by atoms with Crippen LogP contribution in [0, 0.1) is 0 Å². The lowest BCUT2D eigenvalue weighted by molar-refractivity contribution is -0.149. The highest BCUT2D eigenvalue weighted by molar-refractivity contribution is 6.01. The van der Waals surface area contributed by atoms with E-state index in [0.29, 0.717) is 24.9 Å². The molecule has 5 rings (SSSR count). The van der Waals surface area contributed by atoms with Gasteiger partial charge in [0.25, 0.3) is 0 Å². The predicted octanol–water partition coefficient (Wildman–Crippen LogP) is 5.13. The molecule has 6 nitrogen and oxygen atoms in total. The average molecular weight is 546 g/mol. The molecule has 208 valence electrons. The van der Waals surface area contributed by atoms with Crippen molar-refractivity contribution in [2.75, 3.05) is 13.1 Å². The van der Waals surface area contributed by atoms with Gasteiger partial charge in [0.1, 0.15) is 0 Å². The fourth-order valence-electron chi connectivity index (χ4n) is 5.42. The Labute approximate surface area is 241 Å². The van der Waals surface area contributed by atoms with Crippen LogP contribution in [0.15, 0.2) is 115 Å². The van der Waals surface area contributed by atoms with Crippen molar-refractivity contribution in [1.82, 2.24) is 9.80 Å². The van der Waals surface area contributed by atoms with Crippen molar-refractivity contribution in [1.29, 1.82) is 0 Å². The van der Waals surface area contributed by atoms with Crippen LogP contribution in [-0.4, -0.2) is 52.6 Å². The van der Waals surface area contributed by atoms with Gasteiger partial charge < -0.3 is 5.73 Å². The third-order valence-electron chi connectivity index (χ3n) is 7.64. The standard InChI is InChI=1S/C35H35N3O3/c36-31(23-26-11-4-1-5-12-26)34(40)38(24-27-13-6-2-7-14-27)35(41)32-17-10-22-37(32)25-33(39)30-20-18-29(19-21-30)28-15-8-3-9-16-28/h1-9,11-16,18-21,31-32H,10,17,22-25,36H2/t31-,32-/m0/s1. The molecule has 6 heteroatoms. The molecule has 0 unspecified atom stereocenters. The minimum Gasteiger partial charge on any atom is -0.320 e. The van der Waals surface area contributed by atoms with Crippen LogP contribution in [0.5, 0.6) is 0 Å². The number of Topliss-reactive ketones (excluding diaryl/α,β-unsaturated/α-hetero) is 1. The minimum atomic E-state index is -0.857. The Morgan fingerprint density at radius 1 is 0.756 bits per heavy atom. The second kappa shape index (κ2) is 13.3. The molecular weight excluding hydrogens is 510 g/mol. The van der Waals surface area contributed by atoms with E-state index in [1.807, 2.05) is 120 Å². The number of nitrogens with zero attached hydrogens (tertiary/aromatic N) is 2. The van der Waals surface area contributed by atoms with Crippen LogP contribution in [0.2, 0.25) is 0 Å². The van der Waals surface area contributed by atoms with Crippen molar-refractivity contribution in [3.63, 3.8) is 0 Å². The molecule has 4 aromatic carbocycles. The summed E-state index contributed by atoms with van der Waals surface area (Å²) in [7, 11) is 0. The molecule has 0 aromatic heterocycles. The van der Waals surface area contributed by atoms with Crippen LogP contribution >= 0.6 is 0 Å². The number of imide groups is 1. The average Bonchev–Trinajstić information content (AvgIpc) is 3.48. The number of hydrogen-bond donors (Lipinski definition) is 1. The van der Waals surface area contributed by atoms with E-state index in [1.165, 1.54) is 4.90 Å². The minimum absolute atomic E-state index is 0.0500. The van der Waals surface area contributed by atoms with Crippen molar-refractivity contribution in [3.05, 3.63) is 132 Å². The normalized spacial score (nSPS) is 15.8. The summed E-state index contributed by atoms with van der Waals surface area (Å²) in [5.74, 6) is -0.754. The Morgan fingerprint density at radius 2 is 1.32 bits per heavy atom. The maximum atomic E-state index is 14.0. The molecule has 2 amide bonds. The van der Waals surface area contributed by atoms with Crippen molar-refractivity contribution in [2.24, 2.45) is 5.73 Å². The number of nitrogens with two attached hydrogens (primary N) is 1. The lowest BCUT2D eigenvalue weighted by atomic mass is 10.0. The molecular formula is C35H35N3O3. The third kappa shape index (κ3) is 7.04. The first-order valence-corrected chi connectivity index (χ1v) is 14.1. The van der Waals surface area contributed by atoms with Gasteiger partial charge in [0, 0.05) is 5.56 Å². The van der Waals surface area contributed by atoms with Crippen molar-refractivity contribution in [3.8, 4) is 11.1 Å². The topological polar surface area (TPSA) is 83.7 Å². The Balaban J connectivity index is 1.30. The number of hydrogen-bond acceptors (Lipinski definition) is 5. The highest BCUT2D eigenvalue weighted by Crippen LogP contribution is 2.23. The zero-order valence-electron chi connectivity index (χ0n) is 23.1. The van der Waals surface area contributed by atoms with E-state index in [0.717, 1.165) is 28.7 Å². The number of carbonyl (C=O) groups is 3. The second-order valence-corrected chi connectivity index (χ2v) is 10.5. The number of carbonyl (C=O) groups excluding carboxylic acids is 3. The van der Waals surface area contributed by atoms with Gasteiger partial charge in [0.15, 0.2) is 5.78 Å². The molecule has 1 fully saturated rings. The maximum absolute atomic E-state index is 14.0. The summed E-state index contributed by atoms with van der Waals surface area (Å²) >= 11 is 0. The molecule has 2 atom stereocenters. The van der Waals surface area contributed by atoms with Gasteiger partial charge in [-0.15, -0.1) is 0 Å². The van der Waals surface area contributed by atoms with Gasteiger partial charge >= 0.3 is 0 Å². The zero-order valence-corrected chi connectivity index (χ0v) is 23.1. The smallest absolute Gasteiger partial charge is 0.246 e. The van der Waals surface area contributed by atoms with Crippen molar-refractivity contribution in [2.45, 2.75) is 37.9 Å². The Kier molecular flexibility index (Phi) is 9.14. The van der Waals surface area contributed by atoms with E-state index < -0.39 is 18.0 Å². The molecule has 41 heavy (non-hydrogen) atoms. The summed E-state index contributed by atoms with van der Waals surface area (Å²) < 4.78 is 0. The number of amides is 2. The second-order valence-electron chi connectivity index (χ2n) is 10.5. The molecule has 1 heterocycles. The van der Waals surface area contributed by atoms with Gasteiger partial charge in [0.05, 0.1) is 25.2 Å². The van der Waals surface area contributed by atoms with E-state index in [-0.39, 0.29) is 24.8 Å². The largest absolute Gasteiger partial charge is 0.320 e. The van der Waals surface area contributed by atoms with Crippen LogP contribution in [-0.2, 0) is 22.6 Å². The Hall–Kier alpha value is -4.39. The van der Waals surface area contributed by atoms with Crippen LogP contribution in [0.1, 0.15) is 34.3 Å². The maximum Gasteiger partial charge on any atom is 0.246 e. The summed E-state index contributed by atoms with van der Waals surface area (Å²) in [5.41, 5.74) is 10.9. The summed E-state index contributed by atoms with van der Waals surface area (Å²) in [6, 6.07) is 35.2. The molecule has 1 aliphatic rings. The summed E-state index contributed by atoms with van der Waals surface area (Å²) in [6.07, 6.45) is 1.70. The fourth-order valence-corrected chi connectivity index (χ4v) is 5.42. The highest BCUT2D eigenvalue weighted by atomic mass is 16.2. The predicted molar refractivity (Wildman–Crippen MR) is 161 cm³/mol. The van der Waals surface area contributed by atoms with Gasteiger partial charge in [-0.1, -0.05) is 115 Å². The molecule has 1 saturated heterocycles. The molecule has 0 spiro atoms. The van der Waals surface area contributed by atoms with Crippen LogP contribution in [0.25, 0.3) is 11.1 Å². The molecule has 0 bridgehead atoms. The zero-order chi connectivity index (χ0) is 28.6. The SMILES string of the molecule is N[C@@H](Cc1ccccc1)C(=O)N(Cc1ccccc1)C(=O)[C@@H]1CCCN1CC(=O)c1ccc(-c2ccccc2)cc1. The van der Waals surface area contributed by atoms with E-state index in [4.69, 9.17) is 5.73 Å². The van der Waals surface area contributed by atoms with Crippen molar-refractivity contribution < 1.29 is 14.4 Å². The number of likely N-dealkylation sites (tertiary alicyclic amines) is 1. The van der Waals surface area contributed by atoms with E-state index in [9.17, 15) is 14.4 Å². The molecule has 4 aromatic rings. The first kappa shape index (κ1) is 28.1. The molecule has 0 saturated carbocycles. The molecule has 0 radical (unpaired) electrons. The molecule has 0 aliphatic carbocycles. The van der Waals surface area contributed by atoms with E-state index in [2.05, 4.69) is 0 Å². The van der Waals surface area contributed by atoms with Crippen LogP contribution in [0.3, 0.4) is 0 Å². The van der Waals surface area contributed by atoms with Gasteiger partial charge in [-0.2, -0.15) is 0 Å². The van der Waals surface area contributed by atoms with E-state index >= 15 is 0 Å². The first-order chi connectivity index (χ1) is 20.0. The van der Waals surface area contributed by atoms with Crippen molar-refractivity contribution >= 4 is 17.6 Å². The number of ketones is 1. The molecule has 1 aliphatic heterocycles. The summed E-state index contributed by atoms with van der Waals surface area (Å²) in [5, 5.41) is 0. The van der Waals surface area contributed by atoms with Gasteiger partial charge in [-0.05, 0) is 48.1 Å². The van der Waals surface area contributed by atoms with Gasteiger partial charge in [-0.3, -0.25) is 24.2 Å². The first-order valence-electron chi connectivity index (χ1n) is 14.1. The lowest BCUT2D eigenvalue weighted by Crippen LogP contribution is -2.53. The van der Waals surface area contributed by atoms with E-state index in [1.54, 1.807) is 0 Å². The summed E-state index contributed by atoms with van der Waals surface area (Å²) in [6.45, 7) is 0.873. The quantitative estimate of drug-likeness (QED) is 0.280. The highest BCUT2D eigenvalue weighted by Gasteiger charge is 2.38. The van der Waals surface area contributed by atoms with Gasteiger partial charge in [-0.25, -0.2) is 0 Å². The van der Waals surface area contributed by atoms with Crippen LogP contribution in [0.4, 0.5) is 0 Å². The number of rotatable bonds is 10. The van der Waals surface area contributed by atoms with Gasteiger partial charge in [0.2, 0.25) is 11.8 Å². The number of benzene rings is 4. The third-order valence-corrected chi connectivity index (χ3v) is 7.64. The monoisotopic (exact) mass is 545 g/mol. The fraction of sp³-hybridized carbons (Fsp3) is 0.229. The Morgan fingerprint density at radius 3 is 1.95 bits per heavy atom.